The molecule has 2 aliphatic heterocycles. The Hall–Kier alpha value is -1.91. The second-order valence-corrected chi connectivity index (χ2v) is 3.55. The van der Waals surface area contributed by atoms with Crippen molar-refractivity contribution in [2.45, 2.75) is 6.42 Å². The highest BCUT2D eigenvalue weighted by Gasteiger charge is 2.29. The van der Waals surface area contributed by atoms with E-state index in [4.69, 9.17) is 0 Å². The van der Waals surface area contributed by atoms with Crippen molar-refractivity contribution in [2.75, 3.05) is 13.1 Å². The topological polar surface area (TPSA) is 57.6 Å². The van der Waals surface area contributed by atoms with Crippen molar-refractivity contribution in [1.29, 1.82) is 0 Å². The summed E-state index contributed by atoms with van der Waals surface area (Å²) in [6, 6.07) is 3.53. The van der Waals surface area contributed by atoms with Gasteiger partial charge in [-0.1, -0.05) is 0 Å². The second kappa shape index (κ2) is 3.05. The zero-order valence-electron chi connectivity index (χ0n) is 8.10. The Balaban J connectivity index is 2.18. The lowest BCUT2D eigenvalue weighted by molar-refractivity contribution is 0.0853. The van der Waals surface area contributed by atoms with Gasteiger partial charge < -0.3 is 0 Å². The van der Waals surface area contributed by atoms with Gasteiger partial charge in [-0.15, -0.1) is 0 Å². The lowest BCUT2D eigenvalue weighted by Crippen LogP contribution is -2.53. The number of nitrogens with zero attached hydrogens (tertiary/aromatic N) is 3. The maximum Gasteiger partial charge on any atom is 0.272 e. The average molecular weight is 202 g/mol. The molecule has 1 aromatic rings. The van der Waals surface area contributed by atoms with E-state index in [0.29, 0.717) is 11.3 Å². The average Bonchev–Trinajstić information content (AvgIpc) is 2.30. The molecular formula is C10H10N4O. The molecule has 2 aliphatic rings. The molecule has 0 bridgehead atoms. The first-order valence-electron chi connectivity index (χ1n) is 4.94. The number of pyridine rings is 1. The molecule has 0 saturated heterocycles. The van der Waals surface area contributed by atoms with Crippen molar-refractivity contribution in [3.05, 3.63) is 29.6 Å². The summed E-state index contributed by atoms with van der Waals surface area (Å²) < 4.78 is 0. The summed E-state index contributed by atoms with van der Waals surface area (Å²) in [5.41, 5.74) is 4.10. The number of hydrazine groups is 1. The highest BCUT2D eigenvalue weighted by atomic mass is 16.2. The summed E-state index contributed by atoms with van der Waals surface area (Å²) in [6.07, 6.45) is 2.65. The maximum absolute atomic E-state index is 11.7. The Labute approximate surface area is 86.8 Å². The standard InChI is InChI=1S/C10H10N4O/c15-10-7-3-1-4-11-8(7)9-12-5-2-6-14(9)13-10/h1,3-4H,2,5-6H2,(H,13,15). The number of hydrogen-bond donors (Lipinski definition) is 1. The van der Waals surface area contributed by atoms with E-state index in [2.05, 4.69) is 15.4 Å². The summed E-state index contributed by atoms with van der Waals surface area (Å²) in [4.78, 5) is 20.3. The molecule has 76 valence electrons. The molecule has 0 saturated carbocycles. The van der Waals surface area contributed by atoms with Gasteiger partial charge in [-0.25, -0.2) is 0 Å². The molecule has 3 heterocycles. The number of rotatable bonds is 0. The van der Waals surface area contributed by atoms with Crippen LogP contribution in [0.2, 0.25) is 0 Å². The number of amides is 1. The van der Waals surface area contributed by atoms with Gasteiger partial charge in [0.05, 0.1) is 5.56 Å². The Morgan fingerprint density at radius 1 is 1.47 bits per heavy atom. The number of nitrogens with one attached hydrogen (secondary N) is 1. The van der Waals surface area contributed by atoms with Gasteiger partial charge in [0.25, 0.3) is 5.91 Å². The van der Waals surface area contributed by atoms with Crippen LogP contribution < -0.4 is 5.43 Å². The zero-order valence-corrected chi connectivity index (χ0v) is 8.10. The predicted molar refractivity (Wildman–Crippen MR) is 54.4 cm³/mol. The number of carbonyl (C=O) groups is 1. The monoisotopic (exact) mass is 202 g/mol. The van der Waals surface area contributed by atoms with Crippen LogP contribution in [0.5, 0.6) is 0 Å². The SMILES string of the molecule is O=C1NN2CCCN=C2c2ncccc21. The van der Waals surface area contributed by atoms with Crippen molar-refractivity contribution in [2.24, 2.45) is 4.99 Å². The molecule has 0 spiro atoms. The van der Waals surface area contributed by atoms with E-state index < -0.39 is 0 Å². The highest BCUT2D eigenvalue weighted by molar-refractivity contribution is 6.12. The molecular weight excluding hydrogens is 192 g/mol. The first kappa shape index (κ1) is 8.40. The maximum atomic E-state index is 11.7. The van der Waals surface area contributed by atoms with E-state index in [-0.39, 0.29) is 5.91 Å². The molecule has 0 atom stereocenters. The number of hydrogen-bond acceptors (Lipinski definition) is 4. The molecule has 0 fully saturated rings. The van der Waals surface area contributed by atoms with Gasteiger partial charge in [0.1, 0.15) is 5.69 Å². The minimum atomic E-state index is -0.0982. The van der Waals surface area contributed by atoms with Crippen LogP contribution in [0.4, 0.5) is 0 Å². The molecule has 3 rings (SSSR count). The summed E-state index contributed by atoms with van der Waals surface area (Å²) in [5.74, 6) is 0.690. The van der Waals surface area contributed by atoms with Crippen LogP contribution in [0.25, 0.3) is 0 Å². The molecule has 0 aliphatic carbocycles. The summed E-state index contributed by atoms with van der Waals surface area (Å²) in [5, 5.41) is 1.78. The minimum Gasteiger partial charge on any atom is -0.267 e. The third-order valence-corrected chi connectivity index (χ3v) is 2.56. The Morgan fingerprint density at radius 3 is 3.33 bits per heavy atom. The second-order valence-electron chi connectivity index (χ2n) is 3.55. The van der Waals surface area contributed by atoms with Gasteiger partial charge in [0, 0.05) is 19.3 Å². The van der Waals surface area contributed by atoms with Gasteiger partial charge >= 0.3 is 0 Å². The van der Waals surface area contributed by atoms with E-state index in [1.165, 1.54) is 0 Å². The van der Waals surface area contributed by atoms with E-state index in [1.54, 1.807) is 23.3 Å². The molecule has 15 heavy (non-hydrogen) atoms. The Morgan fingerprint density at radius 2 is 2.40 bits per heavy atom. The van der Waals surface area contributed by atoms with Crippen molar-refractivity contribution < 1.29 is 4.79 Å². The van der Waals surface area contributed by atoms with Crippen LogP contribution in [-0.4, -0.2) is 34.8 Å². The largest absolute Gasteiger partial charge is 0.272 e. The van der Waals surface area contributed by atoms with Crippen LogP contribution in [0, 0.1) is 0 Å². The van der Waals surface area contributed by atoms with E-state index in [0.717, 1.165) is 25.3 Å². The van der Waals surface area contributed by atoms with E-state index in [9.17, 15) is 4.79 Å². The number of fused-ring (bicyclic) bond motifs is 3. The highest BCUT2D eigenvalue weighted by Crippen LogP contribution is 2.16. The summed E-state index contributed by atoms with van der Waals surface area (Å²) in [7, 11) is 0. The van der Waals surface area contributed by atoms with Crippen LogP contribution in [-0.2, 0) is 0 Å². The number of amidine groups is 1. The van der Waals surface area contributed by atoms with Crippen LogP contribution in [0.1, 0.15) is 22.5 Å². The number of aliphatic imine (C=N–C) groups is 1. The van der Waals surface area contributed by atoms with Crippen LogP contribution >= 0.6 is 0 Å². The lowest BCUT2D eigenvalue weighted by Gasteiger charge is -2.33. The van der Waals surface area contributed by atoms with Gasteiger partial charge in [-0.3, -0.25) is 25.2 Å². The quantitative estimate of drug-likeness (QED) is 0.653. The minimum absolute atomic E-state index is 0.0982. The van der Waals surface area contributed by atoms with Gasteiger partial charge in [0.15, 0.2) is 5.84 Å². The van der Waals surface area contributed by atoms with Gasteiger partial charge in [-0.05, 0) is 18.6 Å². The number of aromatic nitrogens is 1. The Bertz CT molecular complexity index is 454. The van der Waals surface area contributed by atoms with E-state index in [1.807, 2.05) is 0 Å². The first-order valence-corrected chi connectivity index (χ1v) is 4.94. The Kier molecular flexibility index (Phi) is 1.71. The smallest absolute Gasteiger partial charge is 0.267 e. The summed E-state index contributed by atoms with van der Waals surface area (Å²) in [6.45, 7) is 1.61. The van der Waals surface area contributed by atoms with Crippen molar-refractivity contribution in [3.63, 3.8) is 0 Å². The fourth-order valence-electron chi connectivity index (χ4n) is 1.87. The number of carbonyl (C=O) groups excluding carboxylic acids is 1. The molecule has 1 amide bonds. The zero-order chi connectivity index (χ0) is 10.3. The molecule has 1 N–H and O–H groups in total. The molecule has 0 aromatic carbocycles. The molecule has 5 heteroatoms. The predicted octanol–water partition coefficient (Wildman–Crippen LogP) is 0.192. The third kappa shape index (κ3) is 1.20. The van der Waals surface area contributed by atoms with Crippen LogP contribution in [0.3, 0.4) is 0 Å². The molecule has 1 aromatic heterocycles. The fraction of sp³-hybridized carbons (Fsp3) is 0.300. The third-order valence-electron chi connectivity index (χ3n) is 2.56. The van der Waals surface area contributed by atoms with Gasteiger partial charge in [-0.2, -0.15) is 0 Å². The normalized spacial score (nSPS) is 18.8. The van der Waals surface area contributed by atoms with Crippen molar-refractivity contribution >= 4 is 11.7 Å². The molecule has 5 nitrogen and oxygen atoms in total. The fourth-order valence-corrected chi connectivity index (χ4v) is 1.87. The van der Waals surface area contributed by atoms with Crippen LogP contribution in [0.15, 0.2) is 23.3 Å². The molecule has 0 unspecified atom stereocenters. The van der Waals surface area contributed by atoms with Gasteiger partial charge in [0.2, 0.25) is 0 Å². The van der Waals surface area contributed by atoms with Crippen molar-refractivity contribution in [3.8, 4) is 0 Å². The first-order chi connectivity index (χ1) is 7.36. The molecule has 0 radical (unpaired) electrons. The van der Waals surface area contributed by atoms with Crippen molar-refractivity contribution in [1.82, 2.24) is 15.4 Å². The summed E-state index contributed by atoms with van der Waals surface area (Å²) >= 11 is 0. The van der Waals surface area contributed by atoms with E-state index >= 15 is 0 Å². The lowest BCUT2D eigenvalue weighted by atomic mass is 10.1.